The third kappa shape index (κ3) is 3.98. The predicted molar refractivity (Wildman–Crippen MR) is 101 cm³/mol. The lowest BCUT2D eigenvalue weighted by molar-refractivity contribution is -0.135. The Kier molecular flexibility index (Phi) is 5.45. The number of piperidine rings is 1. The van der Waals surface area contributed by atoms with E-state index in [2.05, 4.69) is 23.6 Å². The lowest BCUT2D eigenvalue weighted by Gasteiger charge is -2.30. The average molecular weight is 354 g/mol. The lowest BCUT2D eigenvalue weighted by atomic mass is 9.99. The first-order valence-corrected chi connectivity index (χ1v) is 9.16. The van der Waals surface area contributed by atoms with Gasteiger partial charge in [-0.3, -0.25) is 4.79 Å². The van der Waals surface area contributed by atoms with Gasteiger partial charge in [0.05, 0.1) is 5.56 Å². The van der Waals surface area contributed by atoms with Crippen molar-refractivity contribution >= 4 is 11.9 Å². The Morgan fingerprint density at radius 1 is 1.00 bits per heavy atom. The van der Waals surface area contributed by atoms with Gasteiger partial charge >= 0.3 is 5.97 Å². The maximum absolute atomic E-state index is 12.2. The highest BCUT2D eigenvalue weighted by atomic mass is 16.5. The van der Waals surface area contributed by atoms with E-state index < -0.39 is 5.97 Å². The zero-order valence-electron chi connectivity index (χ0n) is 15.7. The van der Waals surface area contributed by atoms with Gasteiger partial charge in [-0.05, 0) is 69.0 Å². The topological polar surface area (TPSA) is 51.5 Å². The first-order chi connectivity index (χ1) is 12.5. The number of hydrogen-bond acceptors (Lipinski definition) is 3. The highest BCUT2D eigenvalue weighted by Gasteiger charge is 2.21. The van der Waals surface area contributed by atoms with Crippen molar-refractivity contribution in [1.29, 1.82) is 0 Å². The molecule has 0 unspecified atom stereocenters. The highest BCUT2D eigenvalue weighted by Crippen LogP contribution is 2.18. The number of aryl methyl sites for hydroxylation is 2. The average Bonchev–Trinajstić information content (AvgIpc) is 2.98. The van der Waals surface area contributed by atoms with Gasteiger partial charge in [0.25, 0.3) is 5.91 Å². The Bertz CT molecular complexity index is 765. The smallest absolute Gasteiger partial charge is 0.338 e. The molecule has 2 heterocycles. The van der Waals surface area contributed by atoms with Crippen LogP contribution >= 0.6 is 0 Å². The fraction of sp³-hybridized carbons (Fsp3) is 0.429. The van der Waals surface area contributed by atoms with Gasteiger partial charge in [-0.2, -0.15) is 0 Å². The van der Waals surface area contributed by atoms with Crippen molar-refractivity contribution in [2.24, 2.45) is 5.92 Å². The number of nitrogens with zero attached hydrogens (tertiary/aromatic N) is 2. The van der Waals surface area contributed by atoms with E-state index in [0.717, 1.165) is 43.0 Å². The van der Waals surface area contributed by atoms with E-state index in [9.17, 15) is 9.59 Å². The number of carbonyl (C=O) groups is 2. The first kappa shape index (κ1) is 18.2. The molecule has 1 aliphatic heterocycles. The molecule has 1 aliphatic rings. The molecule has 5 heteroatoms. The standard InChI is InChI=1S/C21H26N2O3/c1-15-10-12-22(13-11-15)20(24)14-26-21(25)18-6-8-19(9-7-18)23-16(2)4-5-17(23)3/h4-9,15H,10-14H2,1-3H3. The SMILES string of the molecule is Cc1ccc(C)n1-c1ccc(C(=O)OCC(=O)N2CCC(C)CC2)cc1. The largest absolute Gasteiger partial charge is 0.452 e. The number of amides is 1. The quantitative estimate of drug-likeness (QED) is 0.790. The molecule has 3 rings (SSSR count). The molecular formula is C21H26N2O3. The van der Waals surface area contributed by atoms with Crippen molar-refractivity contribution in [3.05, 3.63) is 53.3 Å². The highest BCUT2D eigenvalue weighted by molar-refractivity contribution is 5.91. The normalized spacial score (nSPS) is 15.1. The van der Waals surface area contributed by atoms with Crippen molar-refractivity contribution in [1.82, 2.24) is 9.47 Å². The van der Waals surface area contributed by atoms with Gasteiger partial charge < -0.3 is 14.2 Å². The number of esters is 1. The summed E-state index contributed by atoms with van der Waals surface area (Å²) >= 11 is 0. The molecule has 0 atom stereocenters. The zero-order valence-corrected chi connectivity index (χ0v) is 15.7. The van der Waals surface area contributed by atoms with Crippen LogP contribution in [0.4, 0.5) is 0 Å². The van der Waals surface area contributed by atoms with Crippen LogP contribution in [0.3, 0.4) is 0 Å². The number of rotatable bonds is 4. The van der Waals surface area contributed by atoms with Gasteiger partial charge in [0.2, 0.25) is 0 Å². The number of carbonyl (C=O) groups excluding carboxylic acids is 2. The molecule has 138 valence electrons. The van der Waals surface area contributed by atoms with Crippen molar-refractivity contribution in [2.75, 3.05) is 19.7 Å². The maximum atomic E-state index is 12.2. The van der Waals surface area contributed by atoms with Crippen molar-refractivity contribution in [2.45, 2.75) is 33.6 Å². The molecule has 1 saturated heterocycles. The number of likely N-dealkylation sites (tertiary alicyclic amines) is 1. The molecule has 0 N–H and O–H groups in total. The van der Waals surface area contributed by atoms with Crippen LogP contribution in [-0.4, -0.2) is 41.0 Å². The summed E-state index contributed by atoms with van der Waals surface area (Å²) in [6.07, 6.45) is 2.03. The van der Waals surface area contributed by atoms with Crippen LogP contribution in [0.1, 0.15) is 41.5 Å². The van der Waals surface area contributed by atoms with Gasteiger partial charge in [0, 0.05) is 30.2 Å². The van der Waals surface area contributed by atoms with Crippen LogP contribution in [-0.2, 0) is 9.53 Å². The molecule has 0 radical (unpaired) electrons. The Morgan fingerprint density at radius 3 is 2.15 bits per heavy atom. The Balaban J connectivity index is 1.57. The maximum Gasteiger partial charge on any atom is 0.338 e. The van der Waals surface area contributed by atoms with Crippen LogP contribution in [0.5, 0.6) is 0 Å². The van der Waals surface area contributed by atoms with Crippen LogP contribution in [0.2, 0.25) is 0 Å². The molecule has 0 bridgehead atoms. The molecule has 0 aliphatic carbocycles. The summed E-state index contributed by atoms with van der Waals surface area (Å²) in [4.78, 5) is 26.2. The first-order valence-electron chi connectivity index (χ1n) is 9.16. The molecular weight excluding hydrogens is 328 g/mol. The minimum Gasteiger partial charge on any atom is -0.452 e. The predicted octanol–water partition coefficient (Wildman–Crippen LogP) is 3.51. The minimum absolute atomic E-state index is 0.111. The second kappa shape index (κ2) is 7.77. The van der Waals surface area contributed by atoms with Crippen LogP contribution in [0.25, 0.3) is 5.69 Å². The molecule has 0 spiro atoms. The van der Waals surface area contributed by atoms with E-state index in [0.29, 0.717) is 11.5 Å². The van der Waals surface area contributed by atoms with Crippen LogP contribution in [0.15, 0.2) is 36.4 Å². The van der Waals surface area contributed by atoms with E-state index in [1.165, 1.54) is 0 Å². The van der Waals surface area contributed by atoms with E-state index in [1.54, 1.807) is 17.0 Å². The zero-order chi connectivity index (χ0) is 18.7. The van der Waals surface area contributed by atoms with Crippen molar-refractivity contribution in [3.8, 4) is 5.69 Å². The van der Waals surface area contributed by atoms with E-state index in [-0.39, 0.29) is 12.5 Å². The molecule has 5 nitrogen and oxygen atoms in total. The summed E-state index contributed by atoms with van der Waals surface area (Å²) in [5.41, 5.74) is 3.73. The number of aromatic nitrogens is 1. The Morgan fingerprint density at radius 2 is 1.58 bits per heavy atom. The summed E-state index contributed by atoms with van der Waals surface area (Å²) in [6.45, 7) is 7.60. The molecule has 2 aromatic rings. The molecule has 1 amide bonds. The number of hydrogen-bond donors (Lipinski definition) is 0. The summed E-state index contributed by atoms with van der Waals surface area (Å²) in [5.74, 6) is 0.0874. The summed E-state index contributed by atoms with van der Waals surface area (Å²) in [7, 11) is 0. The fourth-order valence-electron chi connectivity index (χ4n) is 3.38. The molecule has 0 saturated carbocycles. The van der Waals surface area contributed by atoms with Crippen molar-refractivity contribution < 1.29 is 14.3 Å². The van der Waals surface area contributed by atoms with Crippen LogP contribution < -0.4 is 0 Å². The third-order valence-corrected chi connectivity index (χ3v) is 5.10. The second-order valence-corrected chi connectivity index (χ2v) is 7.14. The van der Waals surface area contributed by atoms with Crippen molar-refractivity contribution in [3.63, 3.8) is 0 Å². The van der Waals surface area contributed by atoms with Gasteiger partial charge in [-0.25, -0.2) is 4.79 Å². The third-order valence-electron chi connectivity index (χ3n) is 5.10. The molecule has 26 heavy (non-hydrogen) atoms. The van der Waals surface area contributed by atoms with E-state index >= 15 is 0 Å². The summed E-state index contributed by atoms with van der Waals surface area (Å²) < 4.78 is 7.33. The van der Waals surface area contributed by atoms with Gasteiger partial charge in [-0.15, -0.1) is 0 Å². The number of benzene rings is 1. The van der Waals surface area contributed by atoms with Crippen LogP contribution in [0, 0.1) is 19.8 Å². The number of ether oxygens (including phenoxy) is 1. The monoisotopic (exact) mass is 354 g/mol. The molecule has 1 aromatic heterocycles. The van der Waals surface area contributed by atoms with E-state index in [1.807, 2.05) is 26.0 Å². The molecule has 1 aromatic carbocycles. The molecule has 1 fully saturated rings. The fourth-order valence-corrected chi connectivity index (χ4v) is 3.38. The van der Waals surface area contributed by atoms with Gasteiger partial charge in [0.15, 0.2) is 6.61 Å². The summed E-state index contributed by atoms with van der Waals surface area (Å²) in [6, 6.07) is 11.4. The summed E-state index contributed by atoms with van der Waals surface area (Å²) in [5, 5.41) is 0. The van der Waals surface area contributed by atoms with Gasteiger partial charge in [0.1, 0.15) is 0 Å². The van der Waals surface area contributed by atoms with Gasteiger partial charge in [-0.1, -0.05) is 6.92 Å². The minimum atomic E-state index is -0.462. The lowest BCUT2D eigenvalue weighted by Crippen LogP contribution is -2.40. The van der Waals surface area contributed by atoms with E-state index in [4.69, 9.17) is 4.74 Å². The Hall–Kier alpha value is -2.56. The Labute approximate surface area is 154 Å². The second-order valence-electron chi connectivity index (χ2n) is 7.14.